The smallest absolute Gasteiger partial charge is 0.236 e. The molecule has 3 rings (SSSR count). The topological polar surface area (TPSA) is 62.5 Å². The number of carbonyl (C=O) groups is 1. The first-order valence-electron chi connectivity index (χ1n) is 8.06. The van der Waals surface area contributed by atoms with E-state index in [1.807, 2.05) is 11.0 Å². The van der Waals surface area contributed by atoms with Crippen LogP contribution in [0.1, 0.15) is 37.4 Å². The number of hydrogen-bond donors (Lipinski definition) is 0. The SMILES string of the molecule is C=CCN1CCCC12CCCN(C(=O)Cc1nc(C)no1)C2. The molecule has 3 heterocycles. The highest BCUT2D eigenvalue weighted by Gasteiger charge is 2.44. The number of rotatable bonds is 4. The number of likely N-dealkylation sites (tertiary alicyclic amines) is 2. The fourth-order valence-electron chi connectivity index (χ4n) is 3.88. The predicted octanol–water partition coefficient (Wildman–Crippen LogP) is 1.56. The van der Waals surface area contributed by atoms with Gasteiger partial charge in [-0.15, -0.1) is 6.58 Å². The van der Waals surface area contributed by atoms with Gasteiger partial charge in [-0.3, -0.25) is 9.69 Å². The lowest BCUT2D eigenvalue weighted by molar-refractivity contribution is -0.134. The summed E-state index contributed by atoms with van der Waals surface area (Å²) in [4.78, 5) is 21.1. The second-order valence-electron chi connectivity index (χ2n) is 6.39. The lowest BCUT2D eigenvalue weighted by atomic mass is 9.86. The molecule has 0 aromatic carbocycles. The molecule has 1 atom stereocenters. The number of piperidine rings is 1. The van der Waals surface area contributed by atoms with Gasteiger partial charge < -0.3 is 9.42 Å². The van der Waals surface area contributed by atoms with Crippen LogP contribution in [0.15, 0.2) is 17.2 Å². The van der Waals surface area contributed by atoms with Gasteiger partial charge in [0.05, 0.1) is 0 Å². The molecule has 2 fully saturated rings. The number of amides is 1. The fourth-order valence-corrected chi connectivity index (χ4v) is 3.88. The maximum absolute atomic E-state index is 12.5. The Labute approximate surface area is 131 Å². The van der Waals surface area contributed by atoms with Crippen molar-refractivity contribution in [1.82, 2.24) is 19.9 Å². The highest BCUT2D eigenvalue weighted by molar-refractivity contribution is 5.78. The summed E-state index contributed by atoms with van der Waals surface area (Å²) < 4.78 is 5.07. The Hall–Kier alpha value is -1.69. The van der Waals surface area contributed by atoms with E-state index in [-0.39, 0.29) is 17.9 Å². The Kier molecular flexibility index (Phi) is 4.29. The van der Waals surface area contributed by atoms with Crippen LogP contribution >= 0.6 is 0 Å². The maximum Gasteiger partial charge on any atom is 0.236 e. The minimum Gasteiger partial charge on any atom is -0.340 e. The summed E-state index contributed by atoms with van der Waals surface area (Å²) in [5.74, 6) is 1.08. The zero-order chi connectivity index (χ0) is 15.6. The van der Waals surface area contributed by atoms with Gasteiger partial charge in [0.2, 0.25) is 11.8 Å². The van der Waals surface area contributed by atoms with E-state index < -0.39 is 0 Å². The van der Waals surface area contributed by atoms with Crippen LogP contribution in [-0.2, 0) is 11.2 Å². The number of nitrogens with zero attached hydrogens (tertiary/aromatic N) is 4. The first-order chi connectivity index (χ1) is 10.6. The summed E-state index contributed by atoms with van der Waals surface area (Å²) in [5.41, 5.74) is 0.146. The molecule has 6 nitrogen and oxygen atoms in total. The highest BCUT2D eigenvalue weighted by Crippen LogP contribution is 2.37. The normalized spacial score (nSPS) is 25.8. The zero-order valence-corrected chi connectivity index (χ0v) is 13.3. The Morgan fingerprint density at radius 1 is 1.41 bits per heavy atom. The van der Waals surface area contributed by atoms with Crippen LogP contribution in [-0.4, -0.2) is 57.6 Å². The average Bonchev–Trinajstić information content (AvgIpc) is 3.07. The first-order valence-corrected chi connectivity index (χ1v) is 8.06. The molecule has 1 unspecified atom stereocenters. The molecule has 0 N–H and O–H groups in total. The molecule has 1 aromatic rings. The molecule has 2 aliphatic heterocycles. The monoisotopic (exact) mass is 304 g/mol. The molecule has 0 radical (unpaired) electrons. The summed E-state index contributed by atoms with van der Waals surface area (Å²) in [6, 6.07) is 0. The minimum absolute atomic E-state index is 0.0909. The lowest BCUT2D eigenvalue weighted by Gasteiger charge is -2.45. The third-order valence-corrected chi connectivity index (χ3v) is 4.87. The lowest BCUT2D eigenvalue weighted by Crippen LogP contribution is -2.57. The quantitative estimate of drug-likeness (QED) is 0.790. The van der Waals surface area contributed by atoms with Gasteiger partial charge in [0.1, 0.15) is 6.42 Å². The van der Waals surface area contributed by atoms with E-state index in [0.29, 0.717) is 11.7 Å². The van der Waals surface area contributed by atoms with E-state index in [1.54, 1.807) is 6.92 Å². The van der Waals surface area contributed by atoms with Crippen molar-refractivity contribution >= 4 is 5.91 Å². The van der Waals surface area contributed by atoms with Crippen LogP contribution in [0.2, 0.25) is 0 Å². The van der Waals surface area contributed by atoms with Crippen LogP contribution < -0.4 is 0 Å². The molecule has 0 bridgehead atoms. The van der Waals surface area contributed by atoms with Crippen LogP contribution in [0.5, 0.6) is 0 Å². The Balaban J connectivity index is 1.67. The van der Waals surface area contributed by atoms with Crippen LogP contribution in [0, 0.1) is 6.92 Å². The third kappa shape index (κ3) is 2.92. The maximum atomic E-state index is 12.5. The number of hydrogen-bond acceptors (Lipinski definition) is 5. The zero-order valence-electron chi connectivity index (χ0n) is 13.3. The van der Waals surface area contributed by atoms with Gasteiger partial charge in [0.15, 0.2) is 5.82 Å². The van der Waals surface area contributed by atoms with Crippen LogP contribution in [0.25, 0.3) is 0 Å². The van der Waals surface area contributed by atoms with E-state index in [9.17, 15) is 4.79 Å². The Morgan fingerprint density at radius 2 is 2.18 bits per heavy atom. The first kappa shape index (κ1) is 15.2. The minimum atomic E-state index is 0.0909. The molecule has 0 aliphatic carbocycles. The molecular formula is C16H24N4O2. The van der Waals surface area contributed by atoms with Crippen molar-refractivity contribution < 1.29 is 9.32 Å². The van der Waals surface area contributed by atoms with E-state index in [1.165, 1.54) is 19.3 Å². The van der Waals surface area contributed by atoms with E-state index in [0.717, 1.165) is 32.6 Å². The molecule has 22 heavy (non-hydrogen) atoms. The van der Waals surface area contributed by atoms with Crippen molar-refractivity contribution in [3.8, 4) is 0 Å². The summed E-state index contributed by atoms with van der Waals surface area (Å²) in [6.07, 6.45) is 6.78. The summed E-state index contributed by atoms with van der Waals surface area (Å²) in [7, 11) is 0. The predicted molar refractivity (Wildman–Crippen MR) is 82.3 cm³/mol. The van der Waals surface area contributed by atoms with Crippen LogP contribution in [0.3, 0.4) is 0 Å². The number of aryl methyl sites for hydroxylation is 1. The largest absolute Gasteiger partial charge is 0.340 e. The van der Waals surface area contributed by atoms with Gasteiger partial charge in [0, 0.05) is 25.2 Å². The highest BCUT2D eigenvalue weighted by atomic mass is 16.5. The Morgan fingerprint density at radius 3 is 2.86 bits per heavy atom. The van der Waals surface area contributed by atoms with Gasteiger partial charge in [0.25, 0.3) is 0 Å². The molecule has 1 aromatic heterocycles. The summed E-state index contributed by atoms with van der Waals surface area (Å²) in [5, 5.41) is 3.75. The second kappa shape index (κ2) is 6.20. The van der Waals surface area contributed by atoms with Crippen molar-refractivity contribution in [3.63, 3.8) is 0 Å². The average molecular weight is 304 g/mol. The standard InChI is InChI=1S/C16H24N4O2/c1-3-8-20-10-5-7-16(20)6-4-9-19(12-16)15(21)11-14-17-13(2)18-22-14/h3H,1,4-12H2,2H3. The van der Waals surface area contributed by atoms with E-state index in [4.69, 9.17) is 4.52 Å². The fraction of sp³-hybridized carbons (Fsp3) is 0.688. The molecule has 2 saturated heterocycles. The van der Waals surface area contributed by atoms with E-state index in [2.05, 4.69) is 21.6 Å². The van der Waals surface area contributed by atoms with Crippen molar-refractivity contribution in [1.29, 1.82) is 0 Å². The van der Waals surface area contributed by atoms with Gasteiger partial charge in [-0.2, -0.15) is 4.98 Å². The molecule has 0 saturated carbocycles. The van der Waals surface area contributed by atoms with Crippen molar-refractivity contribution in [2.45, 2.75) is 44.6 Å². The number of carbonyl (C=O) groups excluding carboxylic acids is 1. The Bertz CT molecular complexity index is 556. The molecule has 120 valence electrons. The van der Waals surface area contributed by atoms with Gasteiger partial charge in [-0.1, -0.05) is 11.2 Å². The van der Waals surface area contributed by atoms with E-state index >= 15 is 0 Å². The van der Waals surface area contributed by atoms with Crippen molar-refractivity contribution in [2.75, 3.05) is 26.2 Å². The van der Waals surface area contributed by atoms with Gasteiger partial charge >= 0.3 is 0 Å². The van der Waals surface area contributed by atoms with Crippen LogP contribution in [0.4, 0.5) is 0 Å². The summed E-state index contributed by atoms with van der Waals surface area (Å²) in [6.45, 7) is 9.28. The van der Waals surface area contributed by atoms with Gasteiger partial charge in [-0.25, -0.2) is 0 Å². The second-order valence-corrected chi connectivity index (χ2v) is 6.39. The van der Waals surface area contributed by atoms with Gasteiger partial charge in [-0.05, 0) is 39.2 Å². The van der Waals surface area contributed by atoms with Crippen molar-refractivity contribution in [3.05, 3.63) is 24.4 Å². The summed E-state index contributed by atoms with van der Waals surface area (Å²) >= 11 is 0. The van der Waals surface area contributed by atoms with Crippen molar-refractivity contribution in [2.24, 2.45) is 0 Å². The molecule has 2 aliphatic rings. The molecule has 6 heteroatoms. The molecule has 1 amide bonds. The molecule has 1 spiro atoms. The number of aromatic nitrogens is 2. The molecular weight excluding hydrogens is 280 g/mol. The third-order valence-electron chi connectivity index (χ3n) is 4.87.